The van der Waals surface area contributed by atoms with E-state index in [2.05, 4.69) is 0 Å². The van der Waals surface area contributed by atoms with E-state index in [0.717, 1.165) is 6.07 Å². The number of hydrogen-bond acceptors (Lipinski definition) is 5. The Bertz CT molecular complexity index is 575. The number of hydrogen-bond donors (Lipinski definition) is 0. The molecule has 0 amide bonds. The number of esters is 1. The Kier molecular flexibility index (Phi) is 5.83. The number of benzene rings is 1. The summed E-state index contributed by atoms with van der Waals surface area (Å²) < 4.78 is 4.73. The van der Waals surface area contributed by atoms with Gasteiger partial charge in [0.15, 0.2) is 6.61 Å². The van der Waals surface area contributed by atoms with E-state index in [9.17, 15) is 19.7 Å². The molecular formula is C14H13NO5. The lowest BCUT2D eigenvalue weighted by atomic mass is 10.1. The number of ketones is 1. The molecule has 1 aromatic rings. The first-order chi connectivity index (χ1) is 9.54. The molecule has 0 N–H and O–H groups in total. The smallest absolute Gasteiger partial charge is 0.331 e. The van der Waals surface area contributed by atoms with Crippen LogP contribution in [0.2, 0.25) is 0 Å². The van der Waals surface area contributed by atoms with Crippen LogP contribution < -0.4 is 0 Å². The van der Waals surface area contributed by atoms with Crippen LogP contribution in [-0.2, 0) is 9.53 Å². The topological polar surface area (TPSA) is 86.5 Å². The number of rotatable bonds is 6. The fraction of sp³-hybridized carbons (Fsp3) is 0.143. The van der Waals surface area contributed by atoms with E-state index < -0.39 is 23.3 Å². The molecule has 0 bridgehead atoms. The molecule has 0 aliphatic heterocycles. The van der Waals surface area contributed by atoms with Crippen molar-refractivity contribution in [2.45, 2.75) is 6.92 Å². The molecule has 0 unspecified atom stereocenters. The molecular weight excluding hydrogens is 262 g/mol. The Labute approximate surface area is 115 Å². The summed E-state index contributed by atoms with van der Waals surface area (Å²) in [5.74, 6) is -1.15. The second-order valence-electron chi connectivity index (χ2n) is 3.72. The standard InChI is InChI=1S/C14H13NO5/c1-2-3-4-8-14(17)20-10-13(16)11-6-5-7-12(9-11)15(18)19/h2-9H,10H2,1H3. The SMILES string of the molecule is CC=CC=CC(=O)OCC(=O)c1cccc([N+](=O)[O-])c1. The number of carbonyl (C=O) groups is 2. The van der Waals surface area contributed by atoms with E-state index in [4.69, 9.17) is 4.74 Å². The second-order valence-corrected chi connectivity index (χ2v) is 3.72. The van der Waals surface area contributed by atoms with Gasteiger partial charge in [-0.1, -0.05) is 30.4 Å². The number of carbonyl (C=O) groups excluding carboxylic acids is 2. The average molecular weight is 275 g/mol. The van der Waals surface area contributed by atoms with Gasteiger partial charge < -0.3 is 4.74 Å². The first kappa shape index (κ1) is 15.3. The van der Waals surface area contributed by atoms with Gasteiger partial charge in [-0.2, -0.15) is 0 Å². The molecule has 0 aliphatic carbocycles. The van der Waals surface area contributed by atoms with Crippen molar-refractivity contribution in [1.29, 1.82) is 0 Å². The summed E-state index contributed by atoms with van der Waals surface area (Å²) in [5, 5.41) is 10.6. The number of ether oxygens (including phenoxy) is 1. The van der Waals surface area contributed by atoms with Crippen LogP contribution in [0.3, 0.4) is 0 Å². The second kappa shape index (κ2) is 7.63. The highest BCUT2D eigenvalue weighted by atomic mass is 16.6. The Hall–Kier alpha value is -2.76. The molecule has 6 nitrogen and oxygen atoms in total. The Morgan fingerprint density at radius 1 is 1.35 bits per heavy atom. The molecule has 0 radical (unpaired) electrons. The van der Waals surface area contributed by atoms with E-state index in [-0.39, 0.29) is 11.3 Å². The molecule has 104 valence electrons. The van der Waals surface area contributed by atoms with Crippen LogP contribution in [0, 0.1) is 10.1 Å². The highest BCUT2D eigenvalue weighted by Crippen LogP contribution is 2.13. The molecule has 6 heteroatoms. The first-order valence-corrected chi connectivity index (χ1v) is 5.78. The molecule has 1 aromatic carbocycles. The van der Waals surface area contributed by atoms with Gasteiger partial charge in [0.1, 0.15) is 0 Å². The summed E-state index contributed by atoms with van der Waals surface area (Å²) >= 11 is 0. The van der Waals surface area contributed by atoms with Crippen molar-refractivity contribution in [3.8, 4) is 0 Å². The number of nitrogens with zero attached hydrogens (tertiary/aromatic N) is 1. The van der Waals surface area contributed by atoms with Crippen LogP contribution in [0.1, 0.15) is 17.3 Å². The third-order valence-electron chi connectivity index (χ3n) is 2.26. The highest BCUT2D eigenvalue weighted by molar-refractivity contribution is 5.99. The highest BCUT2D eigenvalue weighted by Gasteiger charge is 2.12. The number of Topliss-reactive ketones (excluding diaryl/α,β-unsaturated/α-hetero) is 1. The Morgan fingerprint density at radius 3 is 2.75 bits per heavy atom. The zero-order chi connectivity index (χ0) is 15.0. The molecule has 0 spiro atoms. The maximum absolute atomic E-state index is 11.7. The van der Waals surface area contributed by atoms with Gasteiger partial charge in [-0.15, -0.1) is 0 Å². The van der Waals surface area contributed by atoms with Crippen molar-refractivity contribution in [3.05, 3.63) is 64.2 Å². The maximum atomic E-state index is 11.7. The molecule has 20 heavy (non-hydrogen) atoms. The maximum Gasteiger partial charge on any atom is 0.331 e. The summed E-state index contributed by atoms with van der Waals surface area (Å²) in [6.45, 7) is 1.34. The van der Waals surface area contributed by atoms with Gasteiger partial charge >= 0.3 is 5.97 Å². The lowest BCUT2D eigenvalue weighted by Crippen LogP contribution is -2.12. The number of non-ortho nitro benzene ring substituents is 1. The zero-order valence-corrected chi connectivity index (χ0v) is 10.8. The predicted molar refractivity (Wildman–Crippen MR) is 72.3 cm³/mol. The third kappa shape index (κ3) is 4.85. The lowest BCUT2D eigenvalue weighted by Gasteiger charge is -2.01. The van der Waals surface area contributed by atoms with Gasteiger partial charge in [0, 0.05) is 23.8 Å². The first-order valence-electron chi connectivity index (χ1n) is 5.78. The predicted octanol–water partition coefficient (Wildman–Crippen LogP) is 2.45. The molecule has 1 rings (SSSR count). The monoisotopic (exact) mass is 275 g/mol. The van der Waals surface area contributed by atoms with Crippen molar-refractivity contribution < 1.29 is 19.2 Å². The van der Waals surface area contributed by atoms with Crippen molar-refractivity contribution in [2.75, 3.05) is 6.61 Å². The summed E-state index contributed by atoms with van der Waals surface area (Å²) in [5.41, 5.74) is -0.0559. The third-order valence-corrected chi connectivity index (χ3v) is 2.26. The van der Waals surface area contributed by atoms with Crippen LogP contribution >= 0.6 is 0 Å². The van der Waals surface area contributed by atoms with Crippen molar-refractivity contribution >= 4 is 17.4 Å². The van der Waals surface area contributed by atoms with E-state index in [1.54, 1.807) is 19.1 Å². The van der Waals surface area contributed by atoms with E-state index in [1.165, 1.54) is 30.4 Å². The van der Waals surface area contributed by atoms with Gasteiger partial charge in [0.05, 0.1) is 4.92 Å². The molecule has 0 fully saturated rings. The quantitative estimate of drug-likeness (QED) is 0.199. The van der Waals surface area contributed by atoms with Gasteiger partial charge in [0.25, 0.3) is 5.69 Å². The van der Waals surface area contributed by atoms with Crippen LogP contribution in [0.15, 0.2) is 48.6 Å². The average Bonchev–Trinajstić information content (AvgIpc) is 2.45. The number of nitro groups is 1. The molecule has 0 heterocycles. The molecule has 0 aromatic heterocycles. The van der Waals surface area contributed by atoms with Gasteiger partial charge in [0.2, 0.25) is 5.78 Å². The Balaban J connectivity index is 2.61. The summed E-state index contributed by atoms with van der Waals surface area (Å²) in [4.78, 5) is 32.9. The number of nitro benzene ring substituents is 1. The molecule has 0 saturated heterocycles. The van der Waals surface area contributed by atoms with Crippen LogP contribution in [0.5, 0.6) is 0 Å². The largest absolute Gasteiger partial charge is 0.454 e. The molecule has 0 aliphatic rings. The van der Waals surface area contributed by atoms with E-state index in [0.29, 0.717) is 0 Å². The normalized spacial score (nSPS) is 10.8. The van der Waals surface area contributed by atoms with Crippen LogP contribution in [0.4, 0.5) is 5.69 Å². The minimum absolute atomic E-state index is 0.129. The van der Waals surface area contributed by atoms with Crippen molar-refractivity contribution in [2.24, 2.45) is 0 Å². The van der Waals surface area contributed by atoms with Crippen LogP contribution in [-0.4, -0.2) is 23.3 Å². The minimum atomic E-state index is -0.651. The summed E-state index contributed by atoms with van der Waals surface area (Å²) in [6, 6.07) is 5.26. The minimum Gasteiger partial charge on any atom is -0.454 e. The molecule has 0 saturated carbocycles. The van der Waals surface area contributed by atoms with Crippen molar-refractivity contribution in [1.82, 2.24) is 0 Å². The fourth-order valence-corrected chi connectivity index (χ4v) is 1.31. The van der Waals surface area contributed by atoms with Gasteiger partial charge in [-0.25, -0.2) is 4.79 Å². The van der Waals surface area contributed by atoms with Gasteiger partial charge in [-0.05, 0) is 6.92 Å². The van der Waals surface area contributed by atoms with Gasteiger partial charge in [-0.3, -0.25) is 14.9 Å². The van der Waals surface area contributed by atoms with Crippen LogP contribution in [0.25, 0.3) is 0 Å². The molecule has 0 atom stereocenters. The Morgan fingerprint density at radius 2 is 2.10 bits per heavy atom. The van der Waals surface area contributed by atoms with E-state index in [1.807, 2.05) is 0 Å². The van der Waals surface area contributed by atoms with E-state index >= 15 is 0 Å². The number of allylic oxidation sites excluding steroid dienone is 3. The fourth-order valence-electron chi connectivity index (χ4n) is 1.31. The van der Waals surface area contributed by atoms with Crippen molar-refractivity contribution in [3.63, 3.8) is 0 Å². The lowest BCUT2D eigenvalue weighted by molar-refractivity contribution is -0.384. The zero-order valence-electron chi connectivity index (χ0n) is 10.8. The summed E-state index contributed by atoms with van der Waals surface area (Å²) in [7, 11) is 0. The summed E-state index contributed by atoms with van der Waals surface area (Å²) in [6.07, 6.45) is 6.04.